The number of nitrogens with zero attached hydrogens (tertiary/aromatic N) is 3. The molecule has 1 atom stereocenters. The van der Waals surface area contributed by atoms with E-state index < -0.39 is 5.54 Å². The summed E-state index contributed by atoms with van der Waals surface area (Å²) in [6, 6.07) is 10.1. The van der Waals surface area contributed by atoms with Crippen LogP contribution in [0.1, 0.15) is 18.4 Å². The summed E-state index contributed by atoms with van der Waals surface area (Å²) >= 11 is 7.55. The van der Waals surface area contributed by atoms with Crippen LogP contribution in [0.3, 0.4) is 0 Å². The third-order valence-corrected chi connectivity index (χ3v) is 10.7. The normalized spacial score (nSPS) is 24.5. The van der Waals surface area contributed by atoms with Gasteiger partial charge in [0.05, 0.1) is 13.7 Å². The molecule has 2 heterocycles. The standard InChI is InChI=1S/C16H19N4OPS2/c1-21-13-7-5-12(6-8-13)11-18-16-14(10-17)15-4-3-9-20(15)22(23,19-16)24-2/h5-8H,3-4,9,11H2,1-2H3,(H,18,19,23)/t22-/m0/s1. The Hall–Kier alpha value is -1.48. The quantitative estimate of drug-likeness (QED) is 0.807. The van der Waals surface area contributed by atoms with Crippen molar-refractivity contribution in [2.75, 3.05) is 19.9 Å². The molecule has 2 aliphatic heterocycles. The monoisotopic (exact) mass is 378 g/mol. The number of benzene rings is 1. The van der Waals surface area contributed by atoms with E-state index in [1.807, 2.05) is 30.5 Å². The van der Waals surface area contributed by atoms with Gasteiger partial charge in [-0.25, -0.2) is 0 Å². The number of amidine groups is 1. The maximum atomic E-state index is 9.62. The van der Waals surface area contributed by atoms with Crippen molar-refractivity contribution in [3.05, 3.63) is 41.1 Å². The van der Waals surface area contributed by atoms with Crippen molar-refractivity contribution < 1.29 is 4.74 Å². The van der Waals surface area contributed by atoms with Crippen molar-refractivity contribution >= 4 is 34.6 Å². The second-order valence-electron chi connectivity index (χ2n) is 5.49. The molecule has 0 unspecified atom stereocenters. The van der Waals surface area contributed by atoms with Gasteiger partial charge in [0.1, 0.15) is 23.2 Å². The van der Waals surface area contributed by atoms with E-state index in [4.69, 9.17) is 16.5 Å². The Morgan fingerprint density at radius 2 is 2.21 bits per heavy atom. The summed E-state index contributed by atoms with van der Waals surface area (Å²) in [7, 11) is 1.65. The van der Waals surface area contributed by atoms with E-state index >= 15 is 0 Å². The fourth-order valence-electron chi connectivity index (χ4n) is 2.87. The molecule has 0 amide bonds. The Morgan fingerprint density at radius 1 is 1.46 bits per heavy atom. The number of fused-ring (bicyclic) bond motifs is 1. The minimum Gasteiger partial charge on any atom is -0.497 e. The number of nitriles is 1. The van der Waals surface area contributed by atoms with Gasteiger partial charge in [0, 0.05) is 12.2 Å². The van der Waals surface area contributed by atoms with Crippen molar-refractivity contribution in [3.63, 3.8) is 0 Å². The maximum absolute atomic E-state index is 9.62. The zero-order valence-corrected chi connectivity index (χ0v) is 16.2. The molecule has 5 nitrogen and oxygen atoms in total. The lowest BCUT2D eigenvalue weighted by molar-refractivity contribution is 0.414. The van der Waals surface area contributed by atoms with E-state index in [0.717, 1.165) is 36.4 Å². The van der Waals surface area contributed by atoms with Crippen molar-refractivity contribution in [3.8, 4) is 11.8 Å². The molecule has 24 heavy (non-hydrogen) atoms. The number of methoxy groups -OCH3 is 1. The first-order chi connectivity index (χ1) is 11.6. The van der Waals surface area contributed by atoms with Gasteiger partial charge in [-0.1, -0.05) is 23.5 Å². The van der Waals surface area contributed by atoms with Gasteiger partial charge in [0.2, 0.25) is 0 Å². The second-order valence-corrected chi connectivity index (χ2v) is 12.6. The number of ether oxygens (including phenoxy) is 1. The highest BCUT2D eigenvalue weighted by Crippen LogP contribution is 2.63. The van der Waals surface area contributed by atoms with E-state index in [1.165, 1.54) is 0 Å². The van der Waals surface area contributed by atoms with Crippen LogP contribution in [-0.4, -0.2) is 30.4 Å². The minimum absolute atomic E-state index is 0.508. The van der Waals surface area contributed by atoms with Crippen molar-refractivity contribution in [2.45, 2.75) is 19.4 Å². The molecule has 1 aromatic carbocycles. The molecule has 0 bridgehead atoms. The Bertz CT molecular complexity index is 782. The van der Waals surface area contributed by atoms with Crippen molar-refractivity contribution in [1.82, 2.24) is 9.76 Å². The van der Waals surface area contributed by atoms with Crippen molar-refractivity contribution in [2.24, 2.45) is 4.99 Å². The average Bonchev–Trinajstić information content (AvgIpc) is 3.11. The minimum atomic E-state index is -1.97. The van der Waals surface area contributed by atoms with Gasteiger partial charge in [-0.05, 0) is 48.6 Å². The molecule has 1 fully saturated rings. The molecule has 0 spiro atoms. The van der Waals surface area contributed by atoms with Crippen LogP contribution in [-0.2, 0) is 18.4 Å². The number of hydrogen-bond acceptors (Lipinski definition) is 5. The molecule has 3 rings (SSSR count). The lowest BCUT2D eigenvalue weighted by Crippen LogP contribution is -2.35. The molecule has 1 N–H and O–H groups in total. The molecule has 0 aliphatic carbocycles. The Morgan fingerprint density at radius 3 is 2.83 bits per heavy atom. The van der Waals surface area contributed by atoms with Crippen LogP contribution < -0.4 is 9.82 Å². The average molecular weight is 378 g/mol. The van der Waals surface area contributed by atoms with Crippen LogP contribution in [0.2, 0.25) is 0 Å². The summed E-state index contributed by atoms with van der Waals surface area (Å²) in [5.74, 6) is 1.47. The zero-order chi connectivity index (χ0) is 17.2. The zero-order valence-electron chi connectivity index (χ0n) is 13.7. The second kappa shape index (κ2) is 7.18. The fraction of sp³-hybridized carbons (Fsp3) is 0.375. The first-order valence-corrected chi connectivity index (χ1v) is 12.2. The van der Waals surface area contributed by atoms with Gasteiger partial charge in [0.25, 0.3) is 0 Å². The molecule has 126 valence electrons. The SMILES string of the molecule is COc1ccc(CN=C2N[P@](=S)(SC)N3CCCC3=C2C#N)cc1. The number of nitrogens with one attached hydrogen (secondary N) is 1. The summed E-state index contributed by atoms with van der Waals surface area (Å²) in [6.07, 6.45) is 3.99. The summed E-state index contributed by atoms with van der Waals surface area (Å²) in [5, 5.41) is 13.0. The summed E-state index contributed by atoms with van der Waals surface area (Å²) in [5.41, 5.74) is 0.823. The molecular formula is C16H19N4OPS2. The number of rotatable bonds is 4. The van der Waals surface area contributed by atoms with Crippen LogP contribution in [0.15, 0.2) is 40.5 Å². The molecule has 0 aromatic heterocycles. The molecule has 1 saturated heterocycles. The Kier molecular flexibility index (Phi) is 5.19. The van der Waals surface area contributed by atoms with Gasteiger partial charge in [0.15, 0.2) is 5.54 Å². The van der Waals surface area contributed by atoms with Crippen LogP contribution in [0.5, 0.6) is 5.75 Å². The van der Waals surface area contributed by atoms with E-state index in [2.05, 4.69) is 20.8 Å². The molecule has 1 aromatic rings. The van der Waals surface area contributed by atoms with E-state index in [9.17, 15) is 5.26 Å². The lowest BCUT2D eigenvalue weighted by atomic mass is 10.1. The van der Waals surface area contributed by atoms with E-state index in [1.54, 1.807) is 18.5 Å². The smallest absolute Gasteiger partial charge is 0.178 e. The molecule has 2 aliphatic rings. The van der Waals surface area contributed by atoms with Crippen LogP contribution in [0, 0.1) is 11.3 Å². The van der Waals surface area contributed by atoms with E-state index in [0.29, 0.717) is 18.0 Å². The summed E-state index contributed by atoms with van der Waals surface area (Å²) < 4.78 is 7.41. The molecule has 8 heteroatoms. The third kappa shape index (κ3) is 3.19. The summed E-state index contributed by atoms with van der Waals surface area (Å²) in [6.45, 7) is 1.44. The number of aliphatic imine (C=N–C) groups is 1. The number of allylic oxidation sites excluding steroid dienone is 1. The molecular weight excluding hydrogens is 359 g/mol. The Balaban J connectivity index is 1.91. The van der Waals surface area contributed by atoms with Gasteiger partial charge in [-0.3, -0.25) is 4.99 Å². The topological polar surface area (TPSA) is 60.6 Å². The highest BCUT2D eigenvalue weighted by molar-refractivity contribution is 8.69. The lowest BCUT2D eigenvalue weighted by Gasteiger charge is -2.38. The van der Waals surface area contributed by atoms with Crippen LogP contribution in [0.4, 0.5) is 0 Å². The van der Waals surface area contributed by atoms with Gasteiger partial charge < -0.3 is 14.5 Å². The molecule has 0 radical (unpaired) electrons. The van der Waals surface area contributed by atoms with Gasteiger partial charge in [-0.15, -0.1) is 0 Å². The molecule has 0 saturated carbocycles. The first-order valence-electron chi connectivity index (χ1n) is 7.64. The fourth-order valence-corrected chi connectivity index (χ4v) is 7.12. The number of hydrogen-bond donors (Lipinski definition) is 1. The third-order valence-electron chi connectivity index (χ3n) is 4.12. The maximum Gasteiger partial charge on any atom is 0.178 e. The van der Waals surface area contributed by atoms with Gasteiger partial charge >= 0.3 is 0 Å². The van der Waals surface area contributed by atoms with Crippen molar-refractivity contribution in [1.29, 1.82) is 5.26 Å². The van der Waals surface area contributed by atoms with Gasteiger partial charge in [-0.2, -0.15) is 5.26 Å². The van der Waals surface area contributed by atoms with Crippen LogP contribution >= 0.6 is 16.9 Å². The highest BCUT2D eigenvalue weighted by atomic mass is 32.9. The first kappa shape index (κ1) is 17.3. The van der Waals surface area contributed by atoms with E-state index in [-0.39, 0.29) is 0 Å². The Labute approximate surface area is 151 Å². The predicted octanol–water partition coefficient (Wildman–Crippen LogP) is 3.66. The predicted molar refractivity (Wildman–Crippen MR) is 104 cm³/mol. The largest absolute Gasteiger partial charge is 0.497 e. The van der Waals surface area contributed by atoms with Crippen LogP contribution in [0.25, 0.3) is 0 Å². The summed E-state index contributed by atoms with van der Waals surface area (Å²) in [4.78, 5) is 4.67. The highest BCUT2D eigenvalue weighted by Gasteiger charge is 2.38.